The monoisotopic (exact) mass is 354 g/mol. The predicted octanol–water partition coefficient (Wildman–Crippen LogP) is 3.34. The molecule has 1 aliphatic carbocycles. The molecule has 0 saturated heterocycles. The zero-order chi connectivity index (χ0) is 15.6. The summed E-state index contributed by atoms with van der Waals surface area (Å²) in [6.45, 7) is 2.51. The van der Waals surface area contributed by atoms with Crippen molar-refractivity contribution < 1.29 is 23.9 Å². The molecule has 0 aromatic heterocycles. The van der Waals surface area contributed by atoms with Gasteiger partial charge in [0.25, 0.3) is 0 Å². The van der Waals surface area contributed by atoms with Crippen LogP contribution in [0.25, 0.3) is 0 Å². The third-order valence-electron chi connectivity index (χ3n) is 3.12. The van der Waals surface area contributed by atoms with E-state index in [9.17, 15) is 14.4 Å². The van der Waals surface area contributed by atoms with Crippen molar-refractivity contribution in [1.29, 1.82) is 0 Å². The van der Waals surface area contributed by atoms with E-state index in [1.807, 2.05) is 0 Å². The van der Waals surface area contributed by atoms with E-state index in [1.54, 1.807) is 6.07 Å². The lowest BCUT2D eigenvalue weighted by molar-refractivity contribution is -0.134. The molecule has 1 aliphatic rings. The minimum atomic E-state index is -0.542. The summed E-state index contributed by atoms with van der Waals surface area (Å²) in [5.74, 6) is -0.828. The van der Waals surface area contributed by atoms with Gasteiger partial charge in [-0.15, -0.1) is 0 Å². The number of rotatable bonds is 2. The summed E-state index contributed by atoms with van der Waals surface area (Å²) >= 11 is 3.54. The van der Waals surface area contributed by atoms with Gasteiger partial charge < -0.3 is 9.47 Å². The molecular formula is C15H15BrO5. The Hall–Kier alpha value is -1.69. The van der Waals surface area contributed by atoms with Crippen molar-refractivity contribution in [2.45, 2.75) is 37.9 Å². The standard InChI is InChI=1S/C15H15BrO5/c1-8(17)20-14-6-10-11(7-15(14)21-9(2)18)13(19)5-3-4-12(10)16/h6-7,12H,3-5H2,1-2H3. The molecule has 1 aromatic rings. The van der Waals surface area contributed by atoms with Gasteiger partial charge in [0, 0.05) is 30.7 Å². The van der Waals surface area contributed by atoms with Crippen LogP contribution in [-0.4, -0.2) is 17.7 Å². The van der Waals surface area contributed by atoms with Gasteiger partial charge in [-0.2, -0.15) is 0 Å². The Kier molecular flexibility index (Phi) is 4.77. The Labute approximate surface area is 130 Å². The van der Waals surface area contributed by atoms with E-state index in [1.165, 1.54) is 19.9 Å². The first-order valence-electron chi connectivity index (χ1n) is 6.60. The quantitative estimate of drug-likeness (QED) is 0.352. The van der Waals surface area contributed by atoms with Gasteiger partial charge in [0.05, 0.1) is 0 Å². The van der Waals surface area contributed by atoms with Crippen molar-refractivity contribution in [3.05, 3.63) is 23.3 Å². The molecule has 2 rings (SSSR count). The topological polar surface area (TPSA) is 69.7 Å². The molecule has 5 nitrogen and oxygen atoms in total. The number of carbonyl (C=O) groups excluding carboxylic acids is 3. The van der Waals surface area contributed by atoms with E-state index in [0.29, 0.717) is 12.0 Å². The van der Waals surface area contributed by atoms with Gasteiger partial charge in [-0.1, -0.05) is 15.9 Å². The van der Waals surface area contributed by atoms with Gasteiger partial charge in [-0.25, -0.2) is 0 Å². The maximum absolute atomic E-state index is 12.2. The van der Waals surface area contributed by atoms with E-state index in [-0.39, 0.29) is 22.1 Å². The van der Waals surface area contributed by atoms with Crippen LogP contribution in [0.1, 0.15) is 53.9 Å². The summed E-state index contributed by atoms with van der Waals surface area (Å²) in [4.78, 5) is 34.5. The lowest BCUT2D eigenvalue weighted by atomic mass is 10.0. The van der Waals surface area contributed by atoms with Gasteiger partial charge in [-0.3, -0.25) is 14.4 Å². The highest BCUT2D eigenvalue weighted by molar-refractivity contribution is 9.09. The summed E-state index contributed by atoms with van der Waals surface area (Å²) in [5.41, 5.74) is 1.26. The molecule has 0 radical (unpaired) electrons. The van der Waals surface area contributed by atoms with Crippen LogP contribution >= 0.6 is 15.9 Å². The molecule has 0 fully saturated rings. The number of carbonyl (C=O) groups is 3. The van der Waals surface area contributed by atoms with Crippen LogP contribution in [-0.2, 0) is 9.59 Å². The van der Waals surface area contributed by atoms with Crippen molar-refractivity contribution in [3.63, 3.8) is 0 Å². The lowest BCUT2D eigenvalue weighted by Gasteiger charge is -2.15. The fraction of sp³-hybridized carbons (Fsp3) is 0.400. The van der Waals surface area contributed by atoms with Crippen molar-refractivity contribution in [2.24, 2.45) is 0 Å². The maximum Gasteiger partial charge on any atom is 0.308 e. The molecule has 1 aromatic carbocycles. The number of Topliss-reactive ketones (excluding diaryl/α,β-unsaturated/α-hetero) is 1. The number of alkyl halides is 1. The van der Waals surface area contributed by atoms with E-state index in [0.717, 1.165) is 18.4 Å². The van der Waals surface area contributed by atoms with Crippen molar-refractivity contribution in [3.8, 4) is 11.5 Å². The number of benzene rings is 1. The second-order valence-electron chi connectivity index (χ2n) is 4.86. The zero-order valence-electron chi connectivity index (χ0n) is 11.8. The summed E-state index contributed by atoms with van der Waals surface area (Å²) in [7, 11) is 0. The number of halogens is 1. The molecule has 0 bridgehead atoms. The summed E-state index contributed by atoms with van der Waals surface area (Å²) in [6, 6.07) is 3.08. The first-order chi connectivity index (χ1) is 9.88. The molecule has 0 aliphatic heterocycles. The highest BCUT2D eigenvalue weighted by Gasteiger charge is 2.25. The molecule has 0 saturated carbocycles. The van der Waals surface area contributed by atoms with Gasteiger partial charge in [-0.05, 0) is 30.5 Å². The largest absolute Gasteiger partial charge is 0.423 e. The second kappa shape index (κ2) is 6.39. The zero-order valence-corrected chi connectivity index (χ0v) is 13.4. The molecular weight excluding hydrogens is 340 g/mol. The van der Waals surface area contributed by atoms with Crippen LogP contribution < -0.4 is 9.47 Å². The van der Waals surface area contributed by atoms with E-state index < -0.39 is 11.9 Å². The van der Waals surface area contributed by atoms with Crippen LogP contribution in [0.2, 0.25) is 0 Å². The third-order valence-corrected chi connectivity index (χ3v) is 4.07. The van der Waals surface area contributed by atoms with Crippen LogP contribution in [0.5, 0.6) is 11.5 Å². The number of ether oxygens (including phenoxy) is 2. The summed E-state index contributed by atoms with van der Waals surface area (Å²) in [6.07, 6.45) is 2.03. The maximum atomic E-state index is 12.2. The number of hydrogen-bond acceptors (Lipinski definition) is 5. The van der Waals surface area contributed by atoms with Crippen molar-refractivity contribution in [2.75, 3.05) is 0 Å². The van der Waals surface area contributed by atoms with Gasteiger partial charge in [0.15, 0.2) is 17.3 Å². The molecule has 0 N–H and O–H groups in total. The average Bonchev–Trinajstić information content (AvgIpc) is 2.50. The van der Waals surface area contributed by atoms with E-state index in [2.05, 4.69) is 15.9 Å². The fourth-order valence-electron chi connectivity index (χ4n) is 2.28. The van der Waals surface area contributed by atoms with Crippen LogP contribution in [0.15, 0.2) is 12.1 Å². The van der Waals surface area contributed by atoms with Crippen LogP contribution in [0.4, 0.5) is 0 Å². The third kappa shape index (κ3) is 3.69. The minimum absolute atomic E-state index is 0.000337. The van der Waals surface area contributed by atoms with Crippen molar-refractivity contribution >= 4 is 33.7 Å². The molecule has 0 amide bonds. The number of esters is 2. The molecule has 112 valence electrons. The lowest BCUT2D eigenvalue weighted by Crippen LogP contribution is -2.10. The normalized spacial score (nSPS) is 17.7. The fourth-order valence-corrected chi connectivity index (χ4v) is 2.98. The average molecular weight is 355 g/mol. The summed E-state index contributed by atoms with van der Waals surface area (Å²) in [5, 5.41) is 0. The molecule has 0 heterocycles. The SMILES string of the molecule is CC(=O)Oc1cc2c(cc1OC(C)=O)C(Br)CCCC2=O. The first kappa shape index (κ1) is 15.7. The smallest absolute Gasteiger partial charge is 0.308 e. The molecule has 0 spiro atoms. The predicted molar refractivity (Wildman–Crippen MR) is 78.9 cm³/mol. The highest BCUT2D eigenvalue weighted by Crippen LogP contribution is 2.41. The number of fused-ring (bicyclic) bond motifs is 1. The Balaban J connectivity index is 2.56. The van der Waals surface area contributed by atoms with Gasteiger partial charge in [0.1, 0.15) is 0 Å². The van der Waals surface area contributed by atoms with Gasteiger partial charge >= 0.3 is 11.9 Å². The van der Waals surface area contributed by atoms with E-state index in [4.69, 9.17) is 9.47 Å². The Morgan fingerprint density at radius 1 is 1.14 bits per heavy atom. The van der Waals surface area contributed by atoms with Crippen LogP contribution in [0.3, 0.4) is 0 Å². The summed E-state index contributed by atoms with van der Waals surface area (Å²) < 4.78 is 10.1. The van der Waals surface area contributed by atoms with Gasteiger partial charge in [0.2, 0.25) is 0 Å². The molecule has 1 atom stereocenters. The van der Waals surface area contributed by atoms with Crippen molar-refractivity contribution in [1.82, 2.24) is 0 Å². The van der Waals surface area contributed by atoms with Crippen LogP contribution in [0, 0.1) is 0 Å². The second-order valence-corrected chi connectivity index (χ2v) is 5.96. The number of hydrogen-bond donors (Lipinski definition) is 0. The Bertz CT molecular complexity index is 608. The first-order valence-corrected chi connectivity index (χ1v) is 7.52. The number of ketones is 1. The highest BCUT2D eigenvalue weighted by atomic mass is 79.9. The Morgan fingerprint density at radius 2 is 1.71 bits per heavy atom. The minimum Gasteiger partial charge on any atom is -0.423 e. The molecule has 1 unspecified atom stereocenters. The molecule has 21 heavy (non-hydrogen) atoms. The Morgan fingerprint density at radius 3 is 2.29 bits per heavy atom. The molecule has 6 heteroatoms. The van der Waals surface area contributed by atoms with E-state index >= 15 is 0 Å².